The first kappa shape index (κ1) is 27.7. The fraction of sp³-hybridized carbons (Fsp3) is 0.346. The third-order valence-corrected chi connectivity index (χ3v) is 10.1. The highest BCUT2D eigenvalue weighted by Gasteiger charge is 2.34. The van der Waals surface area contributed by atoms with E-state index in [4.69, 9.17) is 4.74 Å². The lowest BCUT2D eigenvalue weighted by molar-refractivity contribution is -0.118. The number of fused-ring (bicyclic) bond motifs is 1. The first-order chi connectivity index (χ1) is 19.1. The largest absolute Gasteiger partial charge is 0.495 e. The van der Waals surface area contributed by atoms with Crippen LogP contribution in [0, 0.1) is 13.8 Å². The number of hydrogen-bond donors (Lipinski definition) is 0. The number of aromatic nitrogens is 4. The van der Waals surface area contributed by atoms with Crippen molar-refractivity contribution in [3.8, 4) is 5.75 Å². The Bertz CT molecular complexity index is 1730. The number of sulfonamides is 1. The molecule has 1 aliphatic rings. The van der Waals surface area contributed by atoms with Crippen molar-refractivity contribution in [2.45, 2.75) is 25.3 Å². The third kappa shape index (κ3) is 5.05. The van der Waals surface area contributed by atoms with Crippen molar-refractivity contribution in [1.82, 2.24) is 23.8 Å². The molecule has 0 unspecified atom stereocenters. The van der Waals surface area contributed by atoms with E-state index in [2.05, 4.69) is 15.0 Å². The van der Waals surface area contributed by atoms with Crippen LogP contribution in [0.5, 0.6) is 5.75 Å². The van der Waals surface area contributed by atoms with Gasteiger partial charge in [0, 0.05) is 50.5 Å². The number of rotatable bonds is 7. The third-order valence-electron chi connectivity index (χ3n) is 6.85. The van der Waals surface area contributed by atoms with Crippen LogP contribution in [0.1, 0.15) is 10.4 Å². The number of nitrogens with zero attached hydrogens (tertiary/aromatic N) is 7. The molecule has 40 heavy (non-hydrogen) atoms. The van der Waals surface area contributed by atoms with Gasteiger partial charge in [-0.25, -0.2) is 23.4 Å². The normalized spacial score (nSPS) is 14.4. The van der Waals surface area contributed by atoms with Crippen LogP contribution in [0.25, 0.3) is 10.2 Å². The van der Waals surface area contributed by atoms with Crippen LogP contribution >= 0.6 is 11.3 Å². The second kappa shape index (κ2) is 10.9. The van der Waals surface area contributed by atoms with Crippen molar-refractivity contribution in [3.05, 3.63) is 63.8 Å². The highest BCUT2D eigenvalue weighted by atomic mass is 32.2. The molecule has 1 fully saturated rings. The van der Waals surface area contributed by atoms with Crippen molar-refractivity contribution < 1.29 is 17.9 Å². The van der Waals surface area contributed by atoms with Crippen molar-refractivity contribution in [1.29, 1.82) is 0 Å². The molecule has 0 saturated carbocycles. The number of piperazine rings is 1. The molecule has 210 valence electrons. The molecule has 0 bridgehead atoms. The van der Waals surface area contributed by atoms with Crippen molar-refractivity contribution in [3.63, 3.8) is 0 Å². The molecule has 0 atom stereocenters. The summed E-state index contributed by atoms with van der Waals surface area (Å²) >= 11 is 1.15. The highest BCUT2D eigenvalue weighted by molar-refractivity contribution is 7.89. The molecular formula is C26H29N7O5S2. The lowest BCUT2D eigenvalue weighted by Crippen LogP contribution is -2.49. The van der Waals surface area contributed by atoms with Crippen molar-refractivity contribution >= 4 is 49.1 Å². The van der Waals surface area contributed by atoms with Gasteiger partial charge < -0.3 is 14.5 Å². The maximum Gasteiger partial charge on any atom is 0.263 e. The van der Waals surface area contributed by atoms with Crippen molar-refractivity contribution in [2.75, 3.05) is 50.1 Å². The SMILES string of the molecule is COc1ccc(C)cc1N(C)C(=O)Cn1cnc2sc(C)c(S(=O)(=O)N3CCN(c4ncccn4)CC3)c2c1=O. The predicted molar refractivity (Wildman–Crippen MR) is 153 cm³/mol. The molecule has 1 aliphatic heterocycles. The summed E-state index contributed by atoms with van der Waals surface area (Å²) in [5.41, 5.74) is 0.919. The number of benzene rings is 1. The Hall–Kier alpha value is -3.88. The first-order valence-corrected chi connectivity index (χ1v) is 14.8. The van der Waals surface area contributed by atoms with Crippen LogP contribution in [-0.2, 0) is 21.4 Å². The fourth-order valence-electron chi connectivity index (χ4n) is 4.70. The maximum absolute atomic E-state index is 13.8. The molecule has 1 amide bonds. The van der Waals surface area contributed by atoms with Crippen LogP contribution in [0.4, 0.5) is 11.6 Å². The van der Waals surface area contributed by atoms with E-state index in [1.807, 2.05) is 24.0 Å². The minimum atomic E-state index is -4.01. The molecule has 5 rings (SSSR count). The molecular weight excluding hydrogens is 554 g/mol. The number of methoxy groups -OCH3 is 1. The second-order valence-electron chi connectivity index (χ2n) is 9.41. The van der Waals surface area contributed by atoms with E-state index < -0.39 is 15.6 Å². The Labute approximate surface area is 235 Å². The van der Waals surface area contributed by atoms with Gasteiger partial charge in [-0.2, -0.15) is 4.31 Å². The van der Waals surface area contributed by atoms with E-state index in [-0.39, 0.29) is 35.8 Å². The topological polar surface area (TPSA) is 131 Å². The highest BCUT2D eigenvalue weighted by Crippen LogP contribution is 2.33. The monoisotopic (exact) mass is 583 g/mol. The molecule has 12 nitrogen and oxygen atoms in total. The van der Waals surface area contributed by atoms with Crippen LogP contribution < -0.4 is 20.1 Å². The summed E-state index contributed by atoms with van der Waals surface area (Å²) in [5, 5.41) is 0.00223. The summed E-state index contributed by atoms with van der Waals surface area (Å²) in [6.45, 7) is 4.51. The smallest absolute Gasteiger partial charge is 0.263 e. The summed E-state index contributed by atoms with van der Waals surface area (Å²) < 4.78 is 35.6. The van der Waals surface area contributed by atoms with Crippen LogP contribution in [0.3, 0.4) is 0 Å². The number of aryl methyl sites for hydroxylation is 2. The Balaban J connectivity index is 1.43. The average molecular weight is 584 g/mol. The lowest BCUT2D eigenvalue weighted by Gasteiger charge is -2.33. The van der Waals surface area contributed by atoms with Crippen LogP contribution in [0.15, 0.2) is 52.7 Å². The van der Waals surface area contributed by atoms with E-state index in [0.717, 1.165) is 21.5 Å². The Morgan fingerprint density at radius 1 is 1.10 bits per heavy atom. The molecule has 4 heterocycles. The molecule has 1 aromatic carbocycles. The molecule has 4 aromatic rings. The van der Waals surface area contributed by atoms with Gasteiger partial charge in [0.2, 0.25) is 21.9 Å². The van der Waals surface area contributed by atoms with E-state index in [9.17, 15) is 18.0 Å². The molecule has 14 heteroatoms. The Morgan fingerprint density at radius 2 is 1.80 bits per heavy atom. The van der Waals surface area contributed by atoms with Gasteiger partial charge >= 0.3 is 0 Å². The summed E-state index contributed by atoms with van der Waals surface area (Å²) in [7, 11) is -0.894. The van der Waals surface area contributed by atoms with Gasteiger partial charge in [0.15, 0.2) is 0 Å². The summed E-state index contributed by atoms with van der Waals surface area (Å²) in [5.74, 6) is 0.674. The van der Waals surface area contributed by atoms with Gasteiger partial charge in [-0.15, -0.1) is 11.3 Å². The summed E-state index contributed by atoms with van der Waals surface area (Å²) in [6, 6.07) is 7.18. The minimum Gasteiger partial charge on any atom is -0.495 e. The van der Waals surface area contributed by atoms with Gasteiger partial charge in [0.1, 0.15) is 22.0 Å². The number of carbonyl (C=O) groups is 1. The standard InChI is InChI=1S/C26H29N7O5S2/c1-17-6-7-20(38-4)19(14-17)30(3)21(34)15-32-16-29-24-22(25(32)35)23(18(2)39-24)40(36,37)33-12-10-31(11-13-33)26-27-8-5-9-28-26/h5-9,14,16H,10-13,15H2,1-4H3. The molecule has 1 saturated heterocycles. The Morgan fingerprint density at radius 3 is 2.48 bits per heavy atom. The molecule has 3 aromatic heterocycles. The number of ether oxygens (including phenoxy) is 1. The first-order valence-electron chi connectivity index (χ1n) is 12.5. The minimum absolute atomic E-state index is 0.00223. The summed E-state index contributed by atoms with van der Waals surface area (Å²) in [6.07, 6.45) is 4.57. The predicted octanol–water partition coefficient (Wildman–Crippen LogP) is 2.05. The zero-order valence-corrected chi connectivity index (χ0v) is 24.2. The quantitative estimate of drug-likeness (QED) is 0.321. The van der Waals surface area contributed by atoms with E-state index >= 15 is 0 Å². The number of amides is 1. The molecule has 0 spiro atoms. The molecule has 0 aliphatic carbocycles. The fourth-order valence-corrected chi connectivity index (χ4v) is 7.79. The van der Waals surface area contributed by atoms with E-state index in [0.29, 0.717) is 40.2 Å². The number of thiophene rings is 1. The number of likely N-dealkylation sites (N-methyl/N-ethyl adjacent to an activating group) is 1. The molecule has 0 N–H and O–H groups in total. The molecule has 0 radical (unpaired) electrons. The van der Waals surface area contributed by atoms with Gasteiger partial charge in [0.25, 0.3) is 5.56 Å². The maximum atomic E-state index is 13.8. The van der Waals surface area contributed by atoms with Gasteiger partial charge in [0.05, 0.1) is 24.5 Å². The van der Waals surface area contributed by atoms with E-state index in [1.165, 1.54) is 22.6 Å². The second-order valence-corrected chi connectivity index (χ2v) is 12.5. The summed E-state index contributed by atoms with van der Waals surface area (Å²) in [4.78, 5) is 43.7. The Kier molecular flexibility index (Phi) is 7.57. The van der Waals surface area contributed by atoms with Crippen molar-refractivity contribution in [2.24, 2.45) is 0 Å². The average Bonchev–Trinajstić information content (AvgIpc) is 3.32. The number of anilines is 2. The lowest BCUT2D eigenvalue weighted by atomic mass is 10.2. The van der Waals surface area contributed by atoms with E-state index in [1.54, 1.807) is 38.5 Å². The van der Waals surface area contributed by atoms with Gasteiger partial charge in [-0.1, -0.05) is 6.07 Å². The zero-order chi connectivity index (χ0) is 28.6. The van der Waals surface area contributed by atoms with Crippen LogP contribution in [-0.4, -0.2) is 78.5 Å². The number of carbonyl (C=O) groups excluding carboxylic acids is 1. The van der Waals surface area contributed by atoms with Crippen LogP contribution in [0.2, 0.25) is 0 Å². The number of hydrogen-bond acceptors (Lipinski definition) is 10. The van der Waals surface area contributed by atoms with Gasteiger partial charge in [-0.3, -0.25) is 14.2 Å². The van der Waals surface area contributed by atoms with Gasteiger partial charge in [-0.05, 0) is 37.6 Å². The zero-order valence-electron chi connectivity index (χ0n) is 22.6.